The molecule has 1 aromatic carbocycles. The van der Waals surface area contributed by atoms with Crippen molar-refractivity contribution < 1.29 is 32.6 Å². The predicted molar refractivity (Wildman–Crippen MR) is 104 cm³/mol. The Morgan fingerprint density at radius 2 is 1.74 bits per heavy atom. The maximum Gasteiger partial charge on any atom is 0.434 e. The normalized spacial score (nSPS) is 11.8. The van der Waals surface area contributed by atoms with Crippen molar-refractivity contribution in [3.8, 4) is 11.8 Å². The average molecular weight is 453 g/mol. The van der Waals surface area contributed by atoms with E-state index < -0.39 is 27.8 Å². The maximum atomic E-state index is 13.6. The number of nitrogens with zero attached hydrogens (tertiary/aromatic N) is 4. The second kappa shape index (κ2) is 8.95. The SMILES string of the molecule is COc1ncnc(OC)c1C(=O)Nc1nc(C(F)(F)F)c(/C(=N/O)c2ccccc2)s1. The summed E-state index contributed by atoms with van der Waals surface area (Å²) in [6.45, 7) is 0. The molecule has 2 N–H and O–H groups in total. The van der Waals surface area contributed by atoms with Gasteiger partial charge in [-0.15, -0.1) is 0 Å². The standard InChI is InChI=1S/C18H14F3N5O4S/c1-29-15-10(16(30-2)23-8-22-15)14(27)25-17-24-13(18(19,20)21)12(31-17)11(26-28)9-6-4-3-5-7-9/h3-8,28H,1-2H3,(H,24,25,27)/b26-11+. The number of anilines is 1. The number of aromatic nitrogens is 3. The molecule has 0 saturated carbocycles. The number of benzene rings is 1. The molecule has 0 unspecified atom stereocenters. The van der Waals surface area contributed by atoms with Crippen LogP contribution in [0.4, 0.5) is 18.3 Å². The number of nitrogens with one attached hydrogen (secondary N) is 1. The predicted octanol–water partition coefficient (Wildman–Crippen LogP) is 3.45. The number of ether oxygens (including phenoxy) is 2. The molecule has 13 heteroatoms. The molecule has 2 heterocycles. The summed E-state index contributed by atoms with van der Waals surface area (Å²) >= 11 is 0.488. The van der Waals surface area contributed by atoms with Crippen LogP contribution >= 0.6 is 11.3 Å². The van der Waals surface area contributed by atoms with E-state index in [4.69, 9.17) is 9.47 Å². The number of rotatable bonds is 6. The van der Waals surface area contributed by atoms with Crippen LogP contribution in [-0.2, 0) is 6.18 Å². The van der Waals surface area contributed by atoms with Crippen LogP contribution in [0.25, 0.3) is 0 Å². The number of carbonyl (C=O) groups excluding carboxylic acids is 1. The van der Waals surface area contributed by atoms with Gasteiger partial charge in [-0.25, -0.2) is 15.0 Å². The van der Waals surface area contributed by atoms with Gasteiger partial charge in [-0.1, -0.05) is 46.8 Å². The van der Waals surface area contributed by atoms with Gasteiger partial charge in [0, 0.05) is 5.56 Å². The number of methoxy groups -OCH3 is 2. The van der Waals surface area contributed by atoms with Crippen molar-refractivity contribution in [2.24, 2.45) is 5.16 Å². The number of hydrogen-bond donors (Lipinski definition) is 2. The van der Waals surface area contributed by atoms with Crippen molar-refractivity contribution in [1.82, 2.24) is 15.0 Å². The highest BCUT2D eigenvalue weighted by Crippen LogP contribution is 2.38. The van der Waals surface area contributed by atoms with Crippen LogP contribution in [0, 0.1) is 0 Å². The van der Waals surface area contributed by atoms with Crippen LogP contribution in [0.1, 0.15) is 26.5 Å². The third-order valence-electron chi connectivity index (χ3n) is 3.87. The van der Waals surface area contributed by atoms with E-state index >= 15 is 0 Å². The number of amides is 1. The van der Waals surface area contributed by atoms with Crippen molar-refractivity contribution in [2.45, 2.75) is 6.18 Å². The topological polar surface area (TPSA) is 119 Å². The Hall–Kier alpha value is -3.74. The Balaban J connectivity index is 2.04. The van der Waals surface area contributed by atoms with Crippen LogP contribution in [0.3, 0.4) is 0 Å². The van der Waals surface area contributed by atoms with Gasteiger partial charge < -0.3 is 14.7 Å². The lowest BCUT2D eigenvalue weighted by atomic mass is 10.1. The molecule has 0 aliphatic rings. The summed E-state index contributed by atoms with van der Waals surface area (Å²) in [7, 11) is 2.51. The summed E-state index contributed by atoms with van der Waals surface area (Å²) in [4.78, 5) is 23.3. The first-order chi connectivity index (χ1) is 14.8. The maximum absolute atomic E-state index is 13.6. The van der Waals surface area contributed by atoms with Gasteiger partial charge >= 0.3 is 6.18 Å². The molecule has 3 rings (SSSR count). The quantitative estimate of drug-likeness (QED) is 0.333. The summed E-state index contributed by atoms with van der Waals surface area (Å²) in [5, 5.41) is 14.3. The lowest BCUT2D eigenvalue weighted by Crippen LogP contribution is -2.16. The number of oxime groups is 1. The van der Waals surface area contributed by atoms with Gasteiger partial charge in [0.15, 0.2) is 16.4 Å². The fourth-order valence-electron chi connectivity index (χ4n) is 2.57. The first kappa shape index (κ1) is 22.0. The van der Waals surface area contributed by atoms with Crippen molar-refractivity contribution in [1.29, 1.82) is 0 Å². The summed E-state index contributed by atoms with van der Waals surface area (Å²) in [6.07, 6.45) is -3.77. The Kier molecular flexibility index (Phi) is 6.34. The van der Waals surface area contributed by atoms with Gasteiger partial charge in [0.05, 0.1) is 19.1 Å². The minimum atomic E-state index is -4.87. The summed E-state index contributed by atoms with van der Waals surface area (Å²) in [6, 6.07) is 7.76. The van der Waals surface area contributed by atoms with Gasteiger partial charge in [0.25, 0.3) is 5.91 Å². The van der Waals surface area contributed by atoms with Gasteiger partial charge in [0.2, 0.25) is 11.8 Å². The van der Waals surface area contributed by atoms with Crippen molar-refractivity contribution >= 4 is 28.1 Å². The molecule has 0 saturated heterocycles. The average Bonchev–Trinajstić information content (AvgIpc) is 3.18. The first-order valence-electron chi connectivity index (χ1n) is 8.40. The third kappa shape index (κ3) is 4.55. The summed E-state index contributed by atoms with van der Waals surface area (Å²) in [5.74, 6) is -1.18. The van der Waals surface area contributed by atoms with E-state index in [1.807, 2.05) is 0 Å². The lowest BCUT2D eigenvalue weighted by molar-refractivity contribution is -0.140. The van der Waals surface area contributed by atoms with Gasteiger partial charge in [-0.05, 0) is 0 Å². The third-order valence-corrected chi connectivity index (χ3v) is 4.85. The highest BCUT2D eigenvalue weighted by atomic mass is 32.1. The van der Waals surface area contributed by atoms with Crippen LogP contribution in [0.2, 0.25) is 0 Å². The van der Waals surface area contributed by atoms with Crippen molar-refractivity contribution in [2.75, 3.05) is 19.5 Å². The Labute approximate surface area is 177 Å². The van der Waals surface area contributed by atoms with Gasteiger partial charge in [-0.2, -0.15) is 13.2 Å². The highest BCUT2D eigenvalue weighted by Gasteiger charge is 2.39. The monoisotopic (exact) mass is 453 g/mol. The lowest BCUT2D eigenvalue weighted by Gasteiger charge is -2.09. The van der Waals surface area contributed by atoms with Crippen LogP contribution in [0.5, 0.6) is 11.8 Å². The number of thiazole rings is 1. The number of carbonyl (C=O) groups is 1. The van der Waals surface area contributed by atoms with Gasteiger partial charge in [-0.3, -0.25) is 10.1 Å². The van der Waals surface area contributed by atoms with Crippen molar-refractivity contribution in [3.63, 3.8) is 0 Å². The van der Waals surface area contributed by atoms with Crippen molar-refractivity contribution in [3.05, 3.63) is 58.4 Å². The van der Waals surface area contributed by atoms with E-state index in [-0.39, 0.29) is 28.6 Å². The zero-order chi connectivity index (χ0) is 22.6. The summed E-state index contributed by atoms with van der Waals surface area (Å²) in [5.41, 5.74) is -1.65. The number of halogens is 3. The molecule has 1 amide bonds. The Morgan fingerprint density at radius 1 is 1.13 bits per heavy atom. The smallest absolute Gasteiger partial charge is 0.434 e. The molecule has 31 heavy (non-hydrogen) atoms. The minimum Gasteiger partial charge on any atom is -0.480 e. The van der Waals surface area contributed by atoms with E-state index in [0.29, 0.717) is 11.3 Å². The van der Waals surface area contributed by atoms with Crippen LogP contribution < -0.4 is 14.8 Å². The minimum absolute atomic E-state index is 0.140. The molecule has 0 radical (unpaired) electrons. The second-order valence-electron chi connectivity index (χ2n) is 5.73. The van der Waals surface area contributed by atoms with Crippen LogP contribution in [0.15, 0.2) is 41.8 Å². The van der Waals surface area contributed by atoms with E-state index in [0.717, 1.165) is 6.33 Å². The van der Waals surface area contributed by atoms with E-state index in [1.165, 1.54) is 26.4 Å². The molecule has 3 aromatic rings. The highest BCUT2D eigenvalue weighted by molar-refractivity contribution is 7.18. The Bertz CT molecular complexity index is 1100. The fraction of sp³-hybridized carbons (Fsp3) is 0.167. The molecule has 0 fully saturated rings. The first-order valence-corrected chi connectivity index (χ1v) is 9.22. The molecule has 0 aliphatic carbocycles. The zero-order valence-electron chi connectivity index (χ0n) is 16.0. The molecule has 0 aliphatic heterocycles. The molecule has 0 bridgehead atoms. The molecule has 0 atom stereocenters. The molecule has 0 spiro atoms. The molecule has 162 valence electrons. The molecule has 9 nitrogen and oxygen atoms in total. The molecular formula is C18H14F3N5O4S. The molecule has 2 aromatic heterocycles. The second-order valence-corrected chi connectivity index (χ2v) is 6.73. The zero-order valence-corrected chi connectivity index (χ0v) is 16.8. The fourth-order valence-corrected chi connectivity index (χ4v) is 3.56. The van der Waals surface area contributed by atoms with E-state index in [2.05, 4.69) is 25.4 Å². The number of alkyl halides is 3. The van der Waals surface area contributed by atoms with E-state index in [1.54, 1.807) is 18.2 Å². The Morgan fingerprint density at radius 3 is 2.26 bits per heavy atom. The summed E-state index contributed by atoms with van der Waals surface area (Å²) < 4.78 is 50.8. The largest absolute Gasteiger partial charge is 0.480 e. The van der Waals surface area contributed by atoms with E-state index in [9.17, 15) is 23.2 Å². The van der Waals surface area contributed by atoms with Crippen LogP contribution in [-0.4, -0.2) is 46.0 Å². The molecular weight excluding hydrogens is 439 g/mol. The van der Waals surface area contributed by atoms with Gasteiger partial charge in [0.1, 0.15) is 12.0 Å². The number of hydrogen-bond acceptors (Lipinski definition) is 9.